The van der Waals surface area contributed by atoms with Gasteiger partial charge in [0, 0.05) is 24.5 Å². The minimum absolute atomic E-state index is 0.104. The van der Waals surface area contributed by atoms with Gasteiger partial charge in [0.15, 0.2) is 0 Å². The molecule has 3 heteroatoms. The Hall–Kier alpha value is -0.830. The maximum absolute atomic E-state index is 12.1. The molecule has 1 aliphatic heterocycles. The molecule has 0 N–H and O–H groups in total. The minimum Gasteiger partial charge on any atom is -0.453 e. The van der Waals surface area contributed by atoms with Crippen LogP contribution in [0.4, 0.5) is 0 Å². The van der Waals surface area contributed by atoms with Gasteiger partial charge in [-0.1, -0.05) is 32.3 Å². The van der Waals surface area contributed by atoms with Gasteiger partial charge in [0.2, 0.25) is 0 Å². The molecule has 3 aliphatic rings. The van der Waals surface area contributed by atoms with Crippen LogP contribution in [0.3, 0.4) is 0 Å². The zero-order valence-corrected chi connectivity index (χ0v) is 13.0. The molecular weight excluding hydrogens is 264 g/mol. The van der Waals surface area contributed by atoms with Crippen LogP contribution in [-0.4, -0.2) is 24.3 Å². The van der Waals surface area contributed by atoms with Crippen LogP contribution in [0.5, 0.6) is 0 Å². The number of carbonyl (C=O) groups is 1. The Balaban J connectivity index is 1.99. The first-order valence-electron chi connectivity index (χ1n) is 8.74. The highest BCUT2D eigenvalue weighted by Crippen LogP contribution is 2.51. The van der Waals surface area contributed by atoms with E-state index < -0.39 is 0 Å². The molecule has 2 aliphatic carbocycles. The lowest BCUT2D eigenvalue weighted by atomic mass is 9.70. The third-order valence-electron chi connectivity index (χ3n) is 5.86. The third-order valence-corrected chi connectivity index (χ3v) is 5.86. The van der Waals surface area contributed by atoms with E-state index in [-0.39, 0.29) is 17.7 Å². The van der Waals surface area contributed by atoms with Crippen LogP contribution in [0.1, 0.15) is 64.2 Å². The Kier molecular flexibility index (Phi) is 4.68. The molecule has 3 nitrogen and oxygen atoms in total. The first kappa shape index (κ1) is 15.1. The smallest absolute Gasteiger partial charge is 0.330 e. The Morgan fingerprint density at radius 2 is 1.57 bits per heavy atom. The summed E-state index contributed by atoms with van der Waals surface area (Å²) < 4.78 is 12.2. The largest absolute Gasteiger partial charge is 0.453 e. The number of carbonyl (C=O) groups excluding carboxylic acids is 1. The first-order valence-corrected chi connectivity index (χ1v) is 8.74. The molecule has 2 saturated carbocycles. The maximum atomic E-state index is 12.1. The van der Waals surface area contributed by atoms with Crippen LogP contribution in [0.25, 0.3) is 0 Å². The zero-order chi connectivity index (χ0) is 14.7. The lowest BCUT2D eigenvalue weighted by Crippen LogP contribution is -2.56. The van der Waals surface area contributed by atoms with Crippen molar-refractivity contribution in [2.24, 2.45) is 11.8 Å². The number of rotatable bonds is 3. The maximum Gasteiger partial charge on any atom is 0.330 e. The first-order chi connectivity index (χ1) is 10.3. The van der Waals surface area contributed by atoms with Gasteiger partial charge in [-0.2, -0.15) is 0 Å². The summed E-state index contributed by atoms with van der Waals surface area (Å²) in [5.74, 6) is 0.684. The fraction of sp³-hybridized carbons (Fsp3) is 0.833. The van der Waals surface area contributed by atoms with Gasteiger partial charge in [-0.25, -0.2) is 4.79 Å². The predicted octanol–water partition coefficient (Wildman–Crippen LogP) is 4.01. The molecule has 1 heterocycles. The van der Waals surface area contributed by atoms with Crippen molar-refractivity contribution in [1.82, 2.24) is 0 Å². The second kappa shape index (κ2) is 6.51. The minimum atomic E-state index is -0.380. The van der Waals surface area contributed by atoms with Crippen molar-refractivity contribution in [2.45, 2.75) is 75.9 Å². The van der Waals surface area contributed by atoms with E-state index >= 15 is 0 Å². The molecule has 1 saturated heterocycles. The lowest BCUT2D eigenvalue weighted by molar-refractivity contribution is -0.197. The second-order valence-corrected chi connectivity index (χ2v) is 6.94. The van der Waals surface area contributed by atoms with Crippen LogP contribution >= 0.6 is 0 Å². The Labute approximate surface area is 128 Å². The van der Waals surface area contributed by atoms with Crippen molar-refractivity contribution < 1.29 is 14.3 Å². The molecule has 21 heavy (non-hydrogen) atoms. The average molecular weight is 292 g/mol. The summed E-state index contributed by atoms with van der Waals surface area (Å²) in [5, 5.41) is 0. The van der Waals surface area contributed by atoms with E-state index in [0.29, 0.717) is 11.8 Å². The van der Waals surface area contributed by atoms with Crippen molar-refractivity contribution >= 4 is 5.97 Å². The molecule has 3 rings (SSSR count). The molecule has 1 unspecified atom stereocenters. The van der Waals surface area contributed by atoms with Gasteiger partial charge < -0.3 is 9.47 Å². The van der Waals surface area contributed by atoms with Gasteiger partial charge >= 0.3 is 5.97 Å². The number of fused-ring (bicyclic) bond motifs is 2. The number of ether oxygens (including phenoxy) is 2. The molecule has 0 aromatic carbocycles. The van der Waals surface area contributed by atoms with E-state index in [2.05, 4.69) is 6.58 Å². The number of hydrogen-bond donors (Lipinski definition) is 0. The van der Waals surface area contributed by atoms with Gasteiger partial charge in [0.25, 0.3) is 0 Å². The highest BCUT2D eigenvalue weighted by atomic mass is 16.6. The Morgan fingerprint density at radius 3 is 2.00 bits per heavy atom. The van der Waals surface area contributed by atoms with Gasteiger partial charge in [-0.05, 0) is 38.5 Å². The van der Waals surface area contributed by atoms with Crippen LogP contribution < -0.4 is 0 Å². The summed E-state index contributed by atoms with van der Waals surface area (Å²) in [5.41, 5.74) is -0.380. The molecule has 118 valence electrons. The summed E-state index contributed by atoms with van der Waals surface area (Å²) in [7, 11) is 0. The Morgan fingerprint density at radius 1 is 1.00 bits per heavy atom. The molecule has 0 aromatic rings. The van der Waals surface area contributed by atoms with Crippen molar-refractivity contribution in [2.75, 3.05) is 6.61 Å². The van der Waals surface area contributed by atoms with Gasteiger partial charge in [-0.15, -0.1) is 0 Å². The average Bonchev–Trinajstić information content (AvgIpc) is 2.94. The molecule has 1 atom stereocenters. The fourth-order valence-corrected chi connectivity index (χ4v) is 4.99. The van der Waals surface area contributed by atoms with E-state index in [0.717, 1.165) is 19.4 Å². The molecule has 0 spiro atoms. The molecule has 3 fully saturated rings. The highest BCUT2D eigenvalue weighted by molar-refractivity contribution is 5.81. The van der Waals surface area contributed by atoms with E-state index in [1.54, 1.807) is 0 Å². The van der Waals surface area contributed by atoms with Crippen LogP contribution in [0.2, 0.25) is 0 Å². The van der Waals surface area contributed by atoms with Gasteiger partial charge in [-0.3, -0.25) is 0 Å². The summed E-state index contributed by atoms with van der Waals surface area (Å²) in [6, 6.07) is 0. The van der Waals surface area contributed by atoms with Gasteiger partial charge in [0.05, 0.1) is 6.10 Å². The number of esters is 1. The van der Waals surface area contributed by atoms with Crippen LogP contribution in [0.15, 0.2) is 12.7 Å². The SMILES string of the molecule is C=CC(=O)OC1(C2CCCO2)C2CCCCC1CCCC2. The predicted molar refractivity (Wildman–Crippen MR) is 81.9 cm³/mol. The zero-order valence-electron chi connectivity index (χ0n) is 13.0. The molecule has 0 radical (unpaired) electrons. The molecular formula is C18H28O3. The van der Waals surface area contributed by atoms with E-state index in [1.165, 1.54) is 57.4 Å². The van der Waals surface area contributed by atoms with Gasteiger partial charge in [0.1, 0.15) is 5.60 Å². The van der Waals surface area contributed by atoms with Crippen molar-refractivity contribution in [3.63, 3.8) is 0 Å². The number of hydrogen-bond acceptors (Lipinski definition) is 3. The lowest BCUT2D eigenvalue weighted by Gasteiger charge is -2.46. The van der Waals surface area contributed by atoms with E-state index in [9.17, 15) is 4.79 Å². The monoisotopic (exact) mass is 292 g/mol. The molecule has 0 aromatic heterocycles. The van der Waals surface area contributed by atoms with Crippen LogP contribution in [0, 0.1) is 11.8 Å². The topological polar surface area (TPSA) is 35.5 Å². The quantitative estimate of drug-likeness (QED) is 0.582. The molecule has 0 amide bonds. The van der Waals surface area contributed by atoms with Crippen LogP contribution in [-0.2, 0) is 14.3 Å². The van der Waals surface area contributed by atoms with Crippen molar-refractivity contribution in [1.29, 1.82) is 0 Å². The van der Waals surface area contributed by atoms with E-state index in [4.69, 9.17) is 9.47 Å². The normalized spacial score (nSPS) is 40.1. The standard InChI is InChI=1S/C18H28O3/c1-2-17(19)21-18(16-12-7-13-20-16)14-8-3-4-9-15(18)11-6-5-10-14/h2,14-16H,1,3-13H2. The third kappa shape index (κ3) is 2.77. The summed E-state index contributed by atoms with van der Waals surface area (Å²) in [6.07, 6.45) is 13.4. The Bertz CT molecular complexity index is 356. The summed E-state index contributed by atoms with van der Waals surface area (Å²) >= 11 is 0. The molecule has 2 bridgehead atoms. The highest BCUT2D eigenvalue weighted by Gasteiger charge is 2.56. The summed E-state index contributed by atoms with van der Waals surface area (Å²) in [4.78, 5) is 12.1. The van der Waals surface area contributed by atoms with Crippen molar-refractivity contribution in [3.8, 4) is 0 Å². The second-order valence-electron chi connectivity index (χ2n) is 6.94. The fourth-order valence-electron chi connectivity index (χ4n) is 4.99. The van der Waals surface area contributed by atoms with E-state index in [1.807, 2.05) is 0 Å². The summed E-state index contributed by atoms with van der Waals surface area (Å²) in [6.45, 7) is 4.43. The van der Waals surface area contributed by atoms with Crippen molar-refractivity contribution in [3.05, 3.63) is 12.7 Å².